The second kappa shape index (κ2) is 5.51. The van der Waals surface area contributed by atoms with Gasteiger partial charge in [-0.3, -0.25) is 0 Å². The molecular formula is C11H15NO5. The summed E-state index contributed by atoms with van der Waals surface area (Å²) in [5, 5.41) is 18.0. The molecule has 0 saturated heterocycles. The van der Waals surface area contributed by atoms with Gasteiger partial charge in [0.2, 0.25) is 0 Å². The molecule has 6 nitrogen and oxygen atoms in total. The van der Waals surface area contributed by atoms with Crippen LogP contribution >= 0.6 is 0 Å². The van der Waals surface area contributed by atoms with Gasteiger partial charge in [0.05, 0.1) is 26.9 Å². The standard InChI is InChI=1S/C11H15NO5/c1-16-9-4-6(8(12)5-13)3-7(11(14)15)10(9)17-2/h3-4,8,13H,5,12H2,1-2H3,(H,14,15). The van der Waals surface area contributed by atoms with E-state index in [1.165, 1.54) is 20.3 Å². The molecule has 0 aliphatic carbocycles. The second-order valence-corrected chi connectivity index (χ2v) is 3.40. The van der Waals surface area contributed by atoms with Crippen LogP contribution in [0.4, 0.5) is 0 Å². The van der Waals surface area contributed by atoms with E-state index in [2.05, 4.69) is 0 Å². The van der Waals surface area contributed by atoms with Gasteiger partial charge in [-0.15, -0.1) is 0 Å². The summed E-state index contributed by atoms with van der Waals surface area (Å²) in [6, 6.07) is 2.25. The highest BCUT2D eigenvalue weighted by molar-refractivity contribution is 5.92. The van der Waals surface area contributed by atoms with Gasteiger partial charge in [0.15, 0.2) is 11.5 Å². The summed E-state index contributed by atoms with van der Waals surface area (Å²) < 4.78 is 10.0. The third-order valence-electron chi connectivity index (χ3n) is 2.36. The van der Waals surface area contributed by atoms with Crippen molar-refractivity contribution in [3.63, 3.8) is 0 Å². The monoisotopic (exact) mass is 241 g/mol. The fraction of sp³-hybridized carbons (Fsp3) is 0.364. The molecule has 1 aromatic carbocycles. The lowest BCUT2D eigenvalue weighted by Crippen LogP contribution is -2.16. The Morgan fingerprint density at radius 3 is 2.47 bits per heavy atom. The first kappa shape index (κ1) is 13.3. The number of aliphatic hydroxyl groups is 1. The van der Waals surface area contributed by atoms with Crippen LogP contribution < -0.4 is 15.2 Å². The van der Waals surface area contributed by atoms with Crippen molar-refractivity contribution in [3.8, 4) is 11.5 Å². The lowest BCUT2D eigenvalue weighted by atomic mass is 10.0. The number of hydrogen-bond donors (Lipinski definition) is 3. The predicted octanol–water partition coefficient (Wildman–Crippen LogP) is 0.394. The Kier molecular flexibility index (Phi) is 4.30. The highest BCUT2D eigenvalue weighted by Crippen LogP contribution is 2.34. The van der Waals surface area contributed by atoms with Crippen LogP contribution in [0, 0.1) is 0 Å². The van der Waals surface area contributed by atoms with Crippen molar-refractivity contribution in [2.75, 3.05) is 20.8 Å². The Labute approximate surface area is 98.6 Å². The molecule has 0 aliphatic rings. The summed E-state index contributed by atoms with van der Waals surface area (Å²) in [6.45, 7) is -0.283. The Hall–Kier alpha value is -1.79. The van der Waals surface area contributed by atoms with Gasteiger partial charge in [-0.1, -0.05) is 0 Å². The Morgan fingerprint density at radius 2 is 2.06 bits per heavy atom. The van der Waals surface area contributed by atoms with E-state index >= 15 is 0 Å². The molecule has 1 aromatic rings. The maximum Gasteiger partial charge on any atom is 0.339 e. The molecular weight excluding hydrogens is 226 g/mol. The Bertz CT molecular complexity index is 419. The molecule has 1 unspecified atom stereocenters. The average Bonchev–Trinajstić information content (AvgIpc) is 2.35. The fourth-order valence-corrected chi connectivity index (χ4v) is 1.46. The lowest BCUT2D eigenvalue weighted by molar-refractivity contribution is 0.0692. The summed E-state index contributed by atoms with van der Waals surface area (Å²) in [5.41, 5.74) is 6.06. The van der Waals surface area contributed by atoms with Gasteiger partial charge in [-0.25, -0.2) is 4.79 Å². The van der Waals surface area contributed by atoms with Gasteiger partial charge in [-0.2, -0.15) is 0 Å². The van der Waals surface area contributed by atoms with Crippen LogP contribution in [0.25, 0.3) is 0 Å². The number of aromatic carboxylic acids is 1. The normalized spacial score (nSPS) is 12.0. The fourth-order valence-electron chi connectivity index (χ4n) is 1.46. The Morgan fingerprint density at radius 1 is 1.41 bits per heavy atom. The van der Waals surface area contributed by atoms with Crippen molar-refractivity contribution in [3.05, 3.63) is 23.3 Å². The molecule has 0 fully saturated rings. The highest BCUT2D eigenvalue weighted by atomic mass is 16.5. The van der Waals surface area contributed by atoms with Crippen LogP contribution in [0.1, 0.15) is 22.0 Å². The minimum atomic E-state index is -1.15. The number of hydrogen-bond acceptors (Lipinski definition) is 5. The first-order valence-electron chi connectivity index (χ1n) is 4.90. The number of methoxy groups -OCH3 is 2. The minimum absolute atomic E-state index is 0.0502. The average molecular weight is 241 g/mol. The first-order chi connectivity index (χ1) is 8.04. The van der Waals surface area contributed by atoms with E-state index in [0.717, 1.165) is 0 Å². The lowest BCUT2D eigenvalue weighted by Gasteiger charge is -2.15. The zero-order chi connectivity index (χ0) is 13.0. The number of ether oxygens (including phenoxy) is 2. The molecule has 0 aromatic heterocycles. The smallest absolute Gasteiger partial charge is 0.339 e. The van der Waals surface area contributed by atoms with Crippen LogP contribution in [0.2, 0.25) is 0 Å². The molecule has 0 heterocycles. The van der Waals surface area contributed by atoms with Gasteiger partial charge < -0.3 is 25.4 Å². The summed E-state index contributed by atoms with van der Waals surface area (Å²) >= 11 is 0. The first-order valence-corrected chi connectivity index (χ1v) is 4.90. The number of rotatable bonds is 5. The van der Waals surface area contributed by atoms with Crippen molar-refractivity contribution < 1.29 is 24.5 Å². The SMILES string of the molecule is COc1cc(C(N)CO)cc(C(=O)O)c1OC. The van der Waals surface area contributed by atoms with Gasteiger partial charge in [0.25, 0.3) is 0 Å². The quantitative estimate of drug-likeness (QED) is 0.689. The number of nitrogens with two attached hydrogens (primary N) is 1. The van der Waals surface area contributed by atoms with Gasteiger partial charge in [0.1, 0.15) is 5.56 Å². The van der Waals surface area contributed by atoms with E-state index in [4.69, 9.17) is 25.4 Å². The number of carboxylic acids is 1. The molecule has 0 radical (unpaired) electrons. The minimum Gasteiger partial charge on any atom is -0.493 e. The van der Waals surface area contributed by atoms with E-state index in [1.54, 1.807) is 6.07 Å². The van der Waals surface area contributed by atoms with Crippen molar-refractivity contribution in [2.45, 2.75) is 6.04 Å². The van der Waals surface area contributed by atoms with Crippen LogP contribution in [-0.2, 0) is 0 Å². The van der Waals surface area contributed by atoms with Crippen LogP contribution in [0.15, 0.2) is 12.1 Å². The summed E-state index contributed by atoms with van der Waals surface area (Å²) in [6.07, 6.45) is 0. The summed E-state index contributed by atoms with van der Waals surface area (Å²) in [4.78, 5) is 11.1. The van der Waals surface area contributed by atoms with E-state index < -0.39 is 12.0 Å². The van der Waals surface area contributed by atoms with Gasteiger partial charge >= 0.3 is 5.97 Å². The molecule has 6 heteroatoms. The van der Waals surface area contributed by atoms with Gasteiger partial charge in [-0.05, 0) is 17.7 Å². The van der Waals surface area contributed by atoms with Gasteiger partial charge in [0, 0.05) is 0 Å². The second-order valence-electron chi connectivity index (χ2n) is 3.40. The van der Waals surface area contributed by atoms with E-state index in [1.807, 2.05) is 0 Å². The van der Waals surface area contributed by atoms with Crippen LogP contribution in [-0.4, -0.2) is 37.0 Å². The molecule has 94 valence electrons. The number of carbonyl (C=O) groups is 1. The van der Waals surface area contributed by atoms with Crippen molar-refractivity contribution in [1.29, 1.82) is 0 Å². The Balaban J connectivity index is 3.39. The largest absolute Gasteiger partial charge is 0.493 e. The topological polar surface area (TPSA) is 102 Å². The maximum atomic E-state index is 11.1. The molecule has 0 amide bonds. The third-order valence-corrected chi connectivity index (χ3v) is 2.36. The van der Waals surface area contributed by atoms with E-state index in [9.17, 15) is 4.79 Å². The van der Waals surface area contributed by atoms with Crippen LogP contribution in [0.3, 0.4) is 0 Å². The van der Waals surface area contributed by atoms with Crippen molar-refractivity contribution in [2.24, 2.45) is 5.73 Å². The molecule has 0 aliphatic heterocycles. The molecule has 17 heavy (non-hydrogen) atoms. The third kappa shape index (κ3) is 2.66. The van der Waals surface area contributed by atoms with Crippen molar-refractivity contribution >= 4 is 5.97 Å². The molecule has 1 atom stereocenters. The van der Waals surface area contributed by atoms with E-state index in [-0.39, 0.29) is 23.7 Å². The highest BCUT2D eigenvalue weighted by Gasteiger charge is 2.19. The van der Waals surface area contributed by atoms with E-state index in [0.29, 0.717) is 5.56 Å². The number of benzene rings is 1. The van der Waals surface area contributed by atoms with Crippen LogP contribution in [0.5, 0.6) is 11.5 Å². The molecule has 0 saturated carbocycles. The number of aliphatic hydroxyl groups excluding tert-OH is 1. The zero-order valence-electron chi connectivity index (χ0n) is 9.64. The summed E-state index contributed by atoms with van der Waals surface area (Å²) in [5.74, 6) is -0.743. The zero-order valence-corrected chi connectivity index (χ0v) is 9.64. The molecule has 1 rings (SSSR count). The molecule has 4 N–H and O–H groups in total. The van der Waals surface area contributed by atoms with Crippen molar-refractivity contribution in [1.82, 2.24) is 0 Å². The summed E-state index contributed by atoms with van der Waals surface area (Å²) in [7, 11) is 2.76. The number of carboxylic acid groups (broad SMARTS) is 1. The maximum absolute atomic E-state index is 11.1. The molecule has 0 bridgehead atoms. The molecule has 0 spiro atoms. The predicted molar refractivity (Wildman–Crippen MR) is 60.5 cm³/mol.